The summed E-state index contributed by atoms with van der Waals surface area (Å²) in [5.41, 5.74) is 1.08. The van der Waals surface area contributed by atoms with Gasteiger partial charge in [-0.1, -0.05) is 23.4 Å². The molecule has 1 N–H and O–H groups in total. The number of hydrogen-bond acceptors (Lipinski definition) is 4. The average molecular weight is 275 g/mol. The summed E-state index contributed by atoms with van der Waals surface area (Å²) < 4.78 is 1.83. The summed E-state index contributed by atoms with van der Waals surface area (Å²) in [6, 6.07) is 8.52. The van der Waals surface area contributed by atoms with Crippen LogP contribution in [0.2, 0.25) is 0 Å². The first-order valence-electron chi connectivity index (χ1n) is 6.39. The molecule has 1 unspecified atom stereocenters. The van der Waals surface area contributed by atoms with Crippen LogP contribution in [0.4, 0.5) is 0 Å². The Hall–Kier alpha value is -1.33. The fraction of sp³-hybridized carbons (Fsp3) is 0.429. The number of nitrogens with zero attached hydrogens (tertiary/aromatic N) is 3. The molecule has 0 saturated heterocycles. The standard InChI is InChI=1S/C14H17N3OS/c1-14(2,18)13-8-17(16-15-13)7-10-9-19-12-6-4-3-5-11(10)12/h3-6,8,10,18H,7,9H2,1-2H3. The van der Waals surface area contributed by atoms with Gasteiger partial charge in [0.25, 0.3) is 0 Å². The predicted molar refractivity (Wildman–Crippen MR) is 75.2 cm³/mol. The molecule has 2 heterocycles. The van der Waals surface area contributed by atoms with Crippen molar-refractivity contribution in [3.63, 3.8) is 0 Å². The van der Waals surface area contributed by atoms with Gasteiger partial charge in [0.2, 0.25) is 0 Å². The maximum Gasteiger partial charge on any atom is 0.114 e. The Morgan fingerprint density at radius 3 is 2.95 bits per heavy atom. The lowest BCUT2D eigenvalue weighted by atomic mass is 10.0. The minimum absolute atomic E-state index is 0.470. The van der Waals surface area contributed by atoms with Crippen LogP contribution in [0.1, 0.15) is 31.0 Å². The van der Waals surface area contributed by atoms with Crippen LogP contribution in [0.25, 0.3) is 0 Å². The number of fused-ring (bicyclic) bond motifs is 1. The molecule has 5 heteroatoms. The zero-order valence-corrected chi connectivity index (χ0v) is 11.9. The fourth-order valence-electron chi connectivity index (χ4n) is 2.27. The second-order valence-corrected chi connectivity index (χ2v) is 6.49. The Bertz CT molecular complexity index is 588. The number of rotatable bonds is 3. The molecule has 0 amide bonds. The van der Waals surface area contributed by atoms with Crippen LogP contribution in [-0.2, 0) is 12.1 Å². The summed E-state index contributed by atoms with van der Waals surface area (Å²) in [6.07, 6.45) is 1.84. The van der Waals surface area contributed by atoms with Crippen LogP contribution < -0.4 is 0 Å². The lowest BCUT2D eigenvalue weighted by Crippen LogP contribution is -2.16. The maximum atomic E-state index is 9.90. The maximum absolute atomic E-state index is 9.90. The van der Waals surface area contributed by atoms with E-state index >= 15 is 0 Å². The van der Waals surface area contributed by atoms with Crippen molar-refractivity contribution in [1.29, 1.82) is 0 Å². The number of aliphatic hydroxyl groups is 1. The van der Waals surface area contributed by atoms with Gasteiger partial charge in [0.05, 0.1) is 12.7 Å². The first kappa shape index (κ1) is 12.7. The third-order valence-corrected chi connectivity index (χ3v) is 4.62. The molecular formula is C14H17N3OS. The smallest absolute Gasteiger partial charge is 0.114 e. The fourth-order valence-corrected chi connectivity index (χ4v) is 3.52. The van der Waals surface area contributed by atoms with E-state index in [-0.39, 0.29) is 0 Å². The summed E-state index contributed by atoms with van der Waals surface area (Å²) in [6.45, 7) is 4.26. The second kappa shape index (κ2) is 4.65. The zero-order chi connectivity index (χ0) is 13.5. The van der Waals surface area contributed by atoms with E-state index in [0.717, 1.165) is 12.3 Å². The van der Waals surface area contributed by atoms with Crippen molar-refractivity contribution in [1.82, 2.24) is 15.0 Å². The number of aromatic nitrogens is 3. The summed E-state index contributed by atoms with van der Waals surface area (Å²) in [5.74, 6) is 1.55. The van der Waals surface area contributed by atoms with Gasteiger partial charge in [0.15, 0.2) is 0 Å². The van der Waals surface area contributed by atoms with Crippen molar-refractivity contribution < 1.29 is 5.11 Å². The van der Waals surface area contributed by atoms with Crippen molar-refractivity contribution in [2.45, 2.75) is 36.8 Å². The van der Waals surface area contributed by atoms with Gasteiger partial charge in [-0.25, -0.2) is 0 Å². The van der Waals surface area contributed by atoms with Crippen LogP contribution in [0.3, 0.4) is 0 Å². The van der Waals surface area contributed by atoms with Gasteiger partial charge in [-0.15, -0.1) is 16.9 Å². The molecule has 19 heavy (non-hydrogen) atoms. The molecule has 1 atom stereocenters. The van der Waals surface area contributed by atoms with E-state index in [1.54, 1.807) is 13.8 Å². The monoisotopic (exact) mass is 275 g/mol. The highest BCUT2D eigenvalue weighted by molar-refractivity contribution is 7.99. The van der Waals surface area contributed by atoms with Crippen LogP contribution in [0.15, 0.2) is 35.4 Å². The van der Waals surface area contributed by atoms with Gasteiger partial charge in [-0.2, -0.15) is 0 Å². The third-order valence-electron chi connectivity index (χ3n) is 3.37. The van der Waals surface area contributed by atoms with Gasteiger partial charge in [0.1, 0.15) is 11.3 Å². The first-order valence-corrected chi connectivity index (χ1v) is 7.37. The van der Waals surface area contributed by atoms with Crippen molar-refractivity contribution in [2.75, 3.05) is 5.75 Å². The average Bonchev–Trinajstić information content (AvgIpc) is 2.97. The molecule has 0 fully saturated rings. The van der Waals surface area contributed by atoms with Gasteiger partial charge in [-0.3, -0.25) is 4.68 Å². The SMILES string of the molecule is CC(C)(O)c1cn(CC2CSc3ccccc32)nn1. The van der Waals surface area contributed by atoms with Gasteiger partial charge < -0.3 is 5.11 Å². The summed E-state index contributed by atoms with van der Waals surface area (Å²) >= 11 is 1.90. The Labute approximate surface area is 116 Å². The molecule has 0 aliphatic carbocycles. The lowest BCUT2D eigenvalue weighted by molar-refractivity contribution is 0.0737. The molecule has 0 radical (unpaired) electrons. The zero-order valence-electron chi connectivity index (χ0n) is 11.1. The minimum atomic E-state index is -0.930. The van der Waals surface area contributed by atoms with Crippen LogP contribution in [-0.4, -0.2) is 25.9 Å². The van der Waals surface area contributed by atoms with Gasteiger partial charge >= 0.3 is 0 Å². The molecule has 1 aromatic carbocycles. The summed E-state index contributed by atoms with van der Waals surface area (Å²) in [7, 11) is 0. The number of hydrogen-bond donors (Lipinski definition) is 1. The number of benzene rings is 1. The molecule has 0 saturated carbocycles. The van der Waals surface area contributed by atoms with Crippen molar-refractivity contribution in [2.24, 2.45) is 0 Å². The molecule has 1 aromatic heterocycles. The van der Waals surface area contributed by atoms with E-state index in [0.29, 0.717) is 11.6 Å². The largest absolute Gasteiger partial charge is 0.384 e. The minimum Gasteiger partial charge on any atom is -0.384 e. The Morgan fingerprint density at radius 2 is 2.21 bits per heavy atom. The lowest BCUT2D eigenvalue weighted by Gasteiger charge is -2.12. The highest BCUT2D eigenvalue weighted by Crippen LogP contribution is 2.39. The molecular weight excluding hydrogens is 258 g/mol. The first-order chi connectivity index (χ1) is 9.04. The molecule has 2 aromatic rings. The highest BCUT2D eigenvalue weighted by atomic mass is 32.2. The quantitative estimate of drug-likeness (QED) is 0.934. The molecule has 100 valence electrons. The van der Waals surface area contributed by atoms with E-state index in [1.807, 2.05) is 22.6 Å². The Balaban J connectivity index is 1.78. The van der Waals surface area contributed by atoms with Crippen LogP contribution >= 0.6 is 11.8 Å². The van der Waals surface area contributed by atoms with Crippen molar-refractivity contribution in [3.8, 4) is 0 Å². The molecule has 1 aliphatic heterocycles. The summed E-state index contributed by atoms with van der Waals surface area (Å²) in [4.78, 5) is 1.37. The van der Waals surface area contributed by atoms with Gasteiger partial charge in [0, 0.05) is 16.6 Å². The third kappa shape index (κ3) is 2.53. The predicted octanol–water partition coefficient (Wildman–Crippen LogP) is 2.40. The van der Waals surface area contributed by atoms with Crippen molar-refractivity contribution >= 4 is 11.8 Å². The molecule has 0 bridgehead atoms. The number of thioether (sulfide) groups is 1. The van der Waals surface area contributed by atoms with E-state index in [2.05, 4.69) is 34.6 Å². The topological polar surface area (TPSA) is 50.9 Å². The molecule has 4 nitrogen and oxygen atoms in total. The van der Waals surface area contributed by atoms with Crippen LogP contribution in [0.5, 0.6) is 0 Å². The van der Waals surface area contributed by atoms with Gasteiger partial charge in [-0.05, 0) is 25.5 Å². The Morgan fingerprint density at radius 1 is 1.42 bits per heavy atom. The van der Waals surface area contributed by atoms with E-state index in [9.17, 15) is 5.11 Å². The second-order valence-electron chi connectivity index (χ2n) is 5.43. The molecule has 3 rings (SSSR count). The molecule has 0 spiro atoms. The molecule has 1 aliphatic rings. The van der Waals surface area contributed by atoms with E-state index < -0.39 is 5.60 Å². The summed E-state index contributed by atoms with van der Waals surface area (Å²) in [5, 5.41) is 18.1. The van der Waals surface area contributed by atoms with E-state index in [4.69, 9.17) is 0 Å². The highest BCUT2D eigenvalue weighted by Gasteiger charge is 2.25. The Kier molecular flexibility index (Phi) is 3.11. The van der Waals surface area contributed by atoms with Crippen LogP contribution in [0, 0.1) is 0 Å². The van der Waals surface area contributed by atoms with E-state index in [1.165, 1.54) is 10.5 Å². The normalized spacial score (nSPS) is 18.6. The van der Waals surface area contributed by atoms with Crippen molar-refractivity contribution in [3.05, 3.63) is 41.7 Å².